The van der Waals surface area contributed by atoms with Crippen molar-refractivity contribution in [3.8, 4) is 0 Å². The van der Waals surface area contributed by atoms with Gasteiger partial charge in [0.2, 0.25) is 0 Å². The van der Waals surface area contributed by atoms with Gasteiger partial charge in [-0.05, 0) is 37.1 Å². The van der Waals surface area contributed by atoms with Gasteiger partial charge in [0, 0.05) is 25.2 Å². The Morgan fingerprint density at radius 2 is 2.10 bits per heavy atom. The molecule has 1 unspecified atom stereocenters. The van der Waals surface area contributed by atoms with Crippen LogP contribution in [0.4, 0.5) is 5.82 Å². The molecule has 21 heavy (non-hydrogen) atoms. The summed E-state index contributed by atoms with van der Waals surface area (Å²) < 4.78 is 1.28. The Balaban J connectivity index is 1.60. The molecule has 0 amide bonds. The van der Waals surface area contributed by atoms with E-state index in [0.717, 1.165) is 24.4 Å². The van der Waals surface area contributed by atoms with Gasteiger partial charge in [-0.15, -0.1) is 16.4 Å². The number of benzene rings is 1. The molecule has 5 heteroatoms. The van der Waals surface area contributed by atoms with Crippen LogP contribution in [0.2, 0.25) is 0 Å². The number of nitrogens with zero attached hydrogens (tertiary/aromatic N) is 4. The summed E-state index contributed by atoms with van der Waals surface area (Å²) in [7, 11) is 0. The standard InChI is InChI=1S/C16H16N4S/c1-2-7-14-13(6-1)18-16(21-14)12-5-4-10-20(11-12)15-8-3-9-17-19-15/h1-3,6-9,12H,4-5,10-11H2. The molecule has 0 saturated carbocycles. The van der Waals surface area contributed by atoms with Crippen LogP contribution in [-0.2, 0) is 0 Å². The van der Waals surface area contributed by atoms with Crippen LogP contribution in [0.25, 0.3) is 10.2 Å². The highest BCUT2D eigenvalue weighted by molar-refractivity contribution is 7.18. The molecule has 3 aromatic rings. The van der Waals surface area contributed by atoms with E-state index < -0.39 is 0 Å². The smallest absolute Gasteiger partial charge is 0.151 e. The van der Waals surface area contributed by atoms with Crippen molar-refractivity contribution in [3.05, 3.63) is 47.6 Å². The molecule has 0 spiro atoms. The van der Waals surface area contributed by atoms with Crippen LogP contribution in [0.15, 0.2) is 42.6 Å². The lowest BCUT2D eigenvalue weighted by Crippen LogP contribution is -2.34. The Labute approximate surface area is 127 Å². The minimum absolute atomic E-state index is 0.498. The van der Waals surface area contributed by atoms with Gasteiger partial charge in [0.1, 0.15) is 0 Å². The Morgan fingerprint density at radius 1 is 1.14 bits per heavy atom. The van der Waals surface area contributed by atoms with Crippen LogP contribution < -0.4 is 4.90 Å². The third-order valence-corrected chi connectivity index (χ3v) is 5.16. The average molecular weight is 296 g/mol. The summed E-state index contributed by atoms with van der Waals surface area (Å²) in [4.78, 5) is 7.15. The normalized spacial score (nSPS) is 19.0. The van der Waals surface area contributed by atoms with Gasteiger partial charge < -0.3 is 4.90 Å². The Kier molecular flexibility index (Phi) is 3.27. The van der Waals surface area contributed by atoms with Gasteiger partial charge >= 0.3 is 0 Å². The minimum Gasteiger partial charge on any atom is -0.354 e. The van der Waals surface area contributed by atoms with Crippen molar-refractivity contribution in [2.75, 3.05) is 18.0 Å². The van der Waals surface area contributed by atoms with Crippen LogP contribution in [0.5, 0.6) is 0 Å². The fourth-order valence-electron chi connectivity index (χ4n) is 2.91. The largest absolute Gasteiger partial charge is 0.354 e. The maximum absolute atomic E-state index is 4.82. The summed E-state index contributed by atoms with van der Waals surface area (Å²) in [5, 5.41) is 9.47. The summed E-state index contributed by atoms with van der Waals surface area (Å²) in [6.45, 7) is 2.04. The van der Waals surface area contributed by atoms with Crippen LogP contribution in [0.3, 0.4) is 0 Å². The molecule has 1 fully saturated rings. The number of anilines is 1. The Hall–Kier alpha value is -2.01. The Morgan fingerprint density at radius 3 is 2.95 bits per heavy atom. The number of hydrogen-bond donors (Lipinski definition) is 0. The topological polar surface area (TPSA) is 41.9 Å². The quantitative estimate of drug-likeness (QED) is 0.726. The van der Waals surface area contributed by atoms with Gasteiger partial charge in [0.15, 0.2) is 5.82 Å². The third kappa shape index (κ3) is 2.49. The second kappa shape index (κ2) is 5.41. The highest BCUT2D eigenvalue weighted by atomic mass is 32.1. The second-order valence-electron chi connectivity index (χ2n) is 5.39. The molecule has 4 rings (SSSR count). The first-order valence-electron chi connectivity index (χ1n) is 7.28. The first kappa shape index (κ1) is 12.7. The zero-order valence-electron chi connectivity index (χ0n) is 11.6. The van der Waals surface area contributed by atoms with Crippen molar-refractivity contribution in [2.45, 2.75) is 18.8 Å². The lowest BCUT2D eigenvalue weighted by Gasteiger charge is -2.32. The van der Waals surface area contributed by atoms with E-state index in [1.54, 1.807) is 6.20 Å². The predicted octanol–water partition coefficient (Wildman–Crippen LogP) is 3.47. The molecule has 1 aliphatic rings. The van der Waals surface area contributed by atoms with E-state index in [9.17, 15) is 0 Å². The van der Waals surface area contributed by atoms with Crippen molar-refractivity contribution in [1.29, 1.82) is 0 Å². The molecule has 0 N–H and O–H groups in total. The molecule has 2 aromatic heterocycles. The molecule has 1 saturated heterocycles. The van der Waals surface area contributed by atoms with Crippen molar-refractivity contribution in [2.24, 2.45) is 0 Å². The first-order valence-corrected chi connectivity index (χ1v) is 8.10. The summed E-state index contributed by atoms with van der Waals surface area (Å²) in [5.74, 6) is 1.47. The van der Waals surface area contributed by atoms with Crippen molar-refractivity contribution in [3.63, 3.8) is 0 Å². The van der Waals surface area contributed by atoms with Crippen LogP contribution in [0, 0.1) is 0 Å². The molecular weight excluding hydrogens is 280 g/mol. The number of thiazole rings is 1. The molecule has 0 radical (unpaired) electrons. The molecular formula is C16H16N4S. The van der Waals surface area contributed by atoms with Gasteiger partial charge in [-0.2, -0.15) is 5.10 Å². The van der Waals surface area contributed by atoms with E-state index >= 15 is 0 Å². The van der Waals surface area contributed by atoms with Crippen LogP contribution in [0.1, 0.15) is 23.8 Å². The van der Waals surface area contributed by atoms with Gasteiger partial charge in [0.05, 0.1) is 15.2 Å². The third-order valence-electron chi connectivity index (χ3n) is 3.96. The number of aromatic nitrogens is 3. The summed E-state index contributed by atoms with van der Waals surface area (Å²) >= 11 is 1.83. The zero-order valence-corrected chi connectivity index (χ0v) is 12.5. The number of piperidine rings is 1. The number of hydrogen-bond acceptors (Lipinski definition) is 5. The fraction of sp³-hybridized carbons (Fsp3) is 0.312. The van der Waals surface area contributed by atoms with E-state index in [0.29, 0.717) is 5.92 Å². The van der Waals surface area contributed by atoms with E-state index in [2.05, 4.69) is 39.4 Å². The lowest BCUT2D eigenvalue weighted by molar-refractivity contribution is 0.504. The number of fused-ring (bicyclic) bond motifs is 1. The SMILES string of the molecule is c1cnnc(N2CCCC(c3nc4ccccc4s3)C2)c1. The molecule has 4 nitrogen and oxygen atoms in total. The monoisotopic (exact) mass is 296 g/mol. The van der Waals surface area contributed by atoms with E-state index in [4.69, 9.17) is 4.98 Å². The second-order valence-corrected chi connectivity index (χ2v) is 6.45. The molecule has 3 heterocycles. The van der Waals surface area contributed by atoms with E-state index in [1.807, 2.05) is 23.5 Å². The summed E-state index contributed by atoms with van der Waals surface area (Å²) in [6, 6.07) is 12.4. The summed E-state index contributed by atoms with van der Waals surface area (Å²) in [6.07, 6.45) is 4.10. The van der Waals surface area contributed by atoms with Gasteiger partial charge in [0.25, 0.3) is 0 Å². The molecule has 0 aliphatic carbocycles. The van der Waals surface area contributed by atoms with Gasteiger partial charge in [-0.3, -0.25) is 0 Å². The van der Waals surface area contributed by atoms with Crippen LogP contribution in [-0.4, -0.2) is 28.3 Å². The molecule has 1 atom stereocenters. The minimum atomic E-state index is 0.498. The molecule has 1 aliphatic heterocycles. The number of para-hydroxylation sites is 1. The van der Waals surface area contributed by atoms with Crippen LogP contribution >= 0.6 is 11.3 Å². The van der Waals surface area contributed by atoms with Gasteiger partial charge in [-0.1, -0.05) is 12.1 Å². The molecule has 1 aromatic carbocycles. The van der Waals surface area contributed by atoms with E-state index in [1.165, 1.54) is 22.5 Å². The maximum Gasteiger partial charge on any atom is 0.151 e. The average Bonchev–Trinajstić information content (AvgIpc) is 3.00. The molecule has 106 valence electrons. The Bertz CT molecular complexity index is 707. The van der Waals surface area contributed by atoms with Crippen molar-refractivity contribution in [1.82, 2.24) is 15.2 Å². The molecule has 0 bridgehead atoms. The van der Waals surface area contributed by atoms with E-state index in [-0.39, 0.29) is 0 Å². The maximum atomic E-state index is 4.82. The lowest BCUT2D eigenvalue weighted by atomic mass is 9.99. The van der Waals surface area contributed by atoms with Crippen molar-refractivity contribution < 1.29 is 0 Å². The van der Waals surface area contributed by atoms with Gasteiger partial charge in [-0.25, -0.2) is 4.98 Å². The highest BCUT2D eigenvalue weighted by Crippen LogP contribution is 2.33. The fourth-order valence-corrected chi connectivity index (χ4v) is 4.01. The predicted molar refractivity (Wildman–Crippen MR) is 85.8 cm³/mol. The highest BCUT2D eigenvalue weighted by Gasteiger charge is 2.24. The number of rotatable bonds is 2. The first-order chi connectivity index (χ1) is 10.4. The summed E-state index contributed by atoms with van der Waals surface area (Å²) in [5.41, 5.74) is 1.12. The van der Waals surface area contributed by atoms with Crippen molar-refractivity contribution >= 4 is 27.4 Å². The zero-order chi connectivity index (χ0) is 14.1.